The molecule has 0 spiro atoms. The summed E-state index contributed by atoms with van der Waals surface area (Å²) in [5, 5.41) is 8.59. The van der Waals surface area contributed by atoms with Crippen LogP contribution < -0.4 is 0 Å². The van der Waals surface area contributed by atoms with Gasteiger partial charge in [0.05, 0.1) is 13.2 Å². The Bertz CT molecular complexity index is 118. The summed E-state index contributed by atoms with van der Waals surface area (Å²) < 4.78 is 4.67. The smallest absolute Gasteiger partial charge is 0.302 e. The molecular weight excluding hydrogens is 132 g/mol. The molecule has 59 valence electrons. The topological polar surface area (TPSA) is 46.5 Å². The molecule has 0 aromatic heterocycles. The highest BCUT2D eigenvalue weighted by Crippen LogP contribution is 2.16. The zero-order valence-corrected chi connectivity index (χ0v) is 6.55. The second-order valence-electron chi connectivity index (χ2n) is 2.90. The quantitative estimate of drug-likeness (QED) is 0.605. The fraction of sp³-hybridized carbons (Fsp3) is 0.714. The van der Waals surface area contributed by atoms with Gasteiger partial charge in [-0.1, -0.05) is 13.8 Å². The first-order chi connectivity index (χ1) is 4.48. The van der Waals surface area contributed by atoms with E-state index in [1.165, 1.54) is 6.92 Å². The van der Waals surface area contributed by atoms with Gasteiger partial charge in [-0.3, -0.25) is 4.79 Å². The average molecular weight is 145 g/mol. The number of aliphatic hydroxyl groups excluding tert-OH is 1. The van der Waals surface area contributed by atoms with E-state index in [4.69, 9.17) is 5.11 Å². The standard InChI is InChI=1S/C7H13O3/c1-6(9)10-5-7(2,3)4-8/h4,8H,5H2,1-3H3. The molecule has 3 nitrogen and oxygen atoms in total. The minimum Gasteiger partial charge on any atom is -0.465 e. The first kappa shape index (κ1) is 9.43. The highest BCUT2D eigenvalue weighted by atomic mass is 16.5. The molecule has 0 saturated heterocycles. The Morgan fingerprint density at radius 2 is 2.20 bits per heavy atom. The van der Waals surface area contributed by atoms with E-state index in [0.717, 1.165) is 6.61 Å². The van der Waals surface area contributed by atoms with Crippen molar-refractivity contribution in [2.75, 3.05) is 6.61 Å². The van der Waals surface area contributed by atoms with Crippen molar-refractivity contribution in [1.82, 2.24) is 0 Å². The van der Waals surface area contributed by atoms with Crippen molar-refractivity contribution >= 4 is 5.97 Å². The number of aliphatic hydroxyl groups is 1. The molecule has 0 aromatic carbocycles. The van der Waals surface area contributed by atoms with Gasteiger partial charge in [0.15, 0.2) is 0 Å². The van der Waals surface area contributed by atoms with Crippen LogP contribution in [-0.4, -0.2) is 17.7 Å². The van der Waals surface area contributed by atoms with Gasteiger partial charge in [0, 0.05) is 12.3 Å². The maximum atomic E-state index is 10.3. The van der Waals surface area contributed by atoms with Crippen LogP contribution >= 0.6 is 0 Å². The molecule has 0 saturated carbocycles. The lowest BCUT2D eigenvalue weighted by molar-refractivity contribution is -0.143. The molecule has 0 aromatic rings. The number of rotatable bonds is 3. The van der Waals surface area contributed by atoms with E-state index in [1.54, 1.807) is 13.8 Å². The molecule has 0 fully saturated rings. The number of esters is 1. The molecule has 0 aliphatic heterocycles. The zero-order chi connectivity index (χ0) is 8.20. The van der Waals surface area contributed by atoms with Gasteiger partial charge >= 0.3 is 5.97 Å². The van der Waals surface area contributed by atoms with Gasteiger partial charge in [-0.25, -0.2) is 0 Å². The number of carbonyl (C=O) groups excluding carboxylic acids is 1. The lowest BCUT2D eigenvalue weighted by Gasteiger charge is -2.19. The van der Waals surface area contributed by atoms with Crippen molar-refractivity contribution in [3.63, 3.8) is 0 Å². The van der Waals surface area contributed by atoms with E-state index in [9.17, 15) is 4.79 Å². The highest BCUT2D eigenvalue weighted by molar-refractivity contribution is 5.65. The molecule has 0 atom stereocenters. The van der Waals surface area contributed by atoms with E-state index in [2.05, 4.69) is 4.74 Å². The monoisotopic (exact) mass is 145 g/mol. The molecule has 0 aliphatic rings. The van der Waals surface area contributed by atoms with Crippen LogP contribution in [0.1, 0.15) is 20.8 Å². The molecule has 1 radical (unpaired) electrons. The number of carbonyl (C=O) groups is 1. The second kappa shape index (κ2) is 3.56. The van der Waals surface area contributed by atoms with Crippen molar-refractivity contribution in [3.8, 4) is 0 Å². The van der Waals surface area contributed by atoms with Crippen molar-refractivity contribution in [2.24, 2.45) is 5.41 Å². The third-order valence-electron chi connectivity index (χ3n) is 0.997. The molecule has 1 N–H and O–H groups in total. The minimum absolute atomic E-state index is 0.221. The SMILES string of the molecule is CC(=O)OCC(C)(C)[CH]O. The summed E-state index contributed by atoms with van der Waals surface area (Å²) in [5.41, 5.74) is -0.439. The van der Waals surface area contributed by atoms with E-state index >= 15 is 0 Å². The Kier molecular flexibility index (Phi) is 3.36. The molecular formula is C7H13O3. The molecule has 0 unspecified atom stereocenters. The molecule has 0 heterocycles. The lowest BCUT2D eigenvalue weighted by Crippen LogP contribution is -2.21. The van der Waals surface area contributed by atoms with Crippen LogP contribution in [-0.2, 0) is 9.53 Å². The van der Waals surface area contributed by atoms with Gasteiger partial charge in [-0.15, -0.1) is 0 Å². The van der Waals surface area contributed by atoms with Gasteiger partial charge in [-0.05, 0) is 0 Å². The molecule has 0 amide bonds. The summed E-state index contributed by atoms with van der Waals surface area (Å²) in [6, 6.07) is 0. The Balaban J connectivity index is 3.56. The summed E-state index contributed by atoms with van der Waals surface area (Å²) >= 11 is 0. The van der Waals surface area contributed by atoms with Crippen LogP contribution in [0.3, 0.4) is 0 Å². The summed E-state index contributed by atoms with van der Waals surface area (Å²) in [5.74, 6) is -0.324. The number of hydrogen-bond acceptors (Lipinski definition) is 3. The Morgan fingerprint density at radius 3 is 2.50 bits per heavy atom. The van der Waals surface area contributed by atoms with Crippen LogP contribution in [0.4, 0.5) is 0 Å². The summed E-state index contributed by atoms with van der Waals surface area (Å²) in [6.07, 6.45) is 0. The highest BCUT2D eigenvalue weighted by Gasteiger charge is 2.18. The molecule has 0 rings (SSSR count). The van der Waals surface area contributed by atoms with E-state index in [1.807, 2.05) is 0 Å². The van der Waals surface area contributed by atoms with Crippen LogP contribution in [0.2, 0.25) is 0 Å². The predicted octanol–water partition coefficient (Wildman–Crippen LogP) is 1.11. The van der Waals surface area contributed by atoms with Gasteiger partial charge in [0.25, 0.3) is 0 Å². The van der Waals surface area contributed by atoms with Crippen LogP contribution in [0.15, 0.2) is 0 Å². The Labute approximate surface area is 61.0 Å². The summed E-state index contributed by atoms with van der Waals surface area (Å²) in [7, 11) is 0. The summed E-state index contributed by atoms with van der Waals surface area (Å²) in [6.45, 7) is 6.13. The van der Waals surface area contributed by atoms with E-state index < -0.39 is 5.41 Å². The first-order valence-electron chi connectivity index (χ1n) is 3.10. The number of ether oxygens (including phenoxy) is 1. The summed E-state index contributed by atoms with van der Waals surface area (Å²) in [4.78, 5) is 10.3. The molecule has 10 heavy (non-hydrogen) atoms. The fourth-order valence-electron chi connectivity index (χ4n) is 0.325. The predicted molar refractivity (Wildman–Crippen MR) is 36.6 cm³/mol. The average Bonchev–Trinajstić information content (AvgIpc) is 1.85. The molecule has 3 heteroatoms. The lowest BCUT2D eigenvalue weighted by atomic mass is 9.97. The van der Waals surface area contributed by atoms with E-state index in [-0.39, 0.29) is 12.6 Å². The van der Waals surface area contributed by atoms with Gasteiger partial charge < -0.3 is 9.84 Å². The maximum absolute atomic E-state index is 10.3. The first-order valence-corrected chi connectivity index (χ1v) is 3.10. The van der Waals surface area contributed by atoms with Crippen molar-refractivity contribution in [1.29, 1.82) is 0 Å². The Morgan fingerprint density at radius 1 is 1.70 bits per heavy atom. The van der Waals surface area contributed by atoms with E-state index in [0.29, 0.717) is 0 Å². The molecule has 0 aliphatic carbocycles. The normalized spacial score (nSPS) is 11.2. The minimum atomic E-state index is -0.439. The van der Waals surface area contributed by atoms with Crippen molar-refractivity contribution in [3.05, 3.63) is 6.61 Å². The van der Waals surface area contributed by atoms with Crippen molar-refractivity contribution in [2.45, 2.75) is 20.8 Å². The van der Waals surface area contributed by atoms with Crippen LogP contribution in [0.25, 0.3) is 0 Å². The van der Waals surface area contributed by atoms with Gasteiger partial charge in [0.1, 0.15) is 0 Å². The second-order valence-corrected chi connectivity index (χ2v) is 2.90. The molecule has 0 bridgehead atoms. The van der Waals surface area contributed by atoms with Gasteiger partial charge in [-0.2, -0.15) is 0 Å². The van der Waals surface area contributed by atoms with Crippen LogP contribution in [0.5, 0.6) is 0 Å². The maximum Gasteiger partial charge on any atom is 0.302 e. The van der Waals surface area contributed by atoms with Gasteiger partial charge in [0.2, 0.25) is 0 Å². The van der Waals surface area contributed by atoms with Crippen molar-refractivity contribution < 1.29 is 14.6 Å². The number of hydrogen-bond donors (Lipinski definition) is 1. The fourth-order valence-corrected chi connectivity index (χ4v) is 0.325. The largest absolute Gasteiger partial charge is 0.465 e. The van der Waals surface area contributed by atoms with Crippen LogP contribution in [0, 0.1) is 12.0 Å². The third-order valence-corrected chi connectivity index (χ3v) is 0.997. The third kappa shape index (κ3) is 4.32. The Hall–Kier alpha value is -0.570. The zero-order valence-electron chi connectivity index (χ0n) is 6.55.